The molecular formula is C24H33N5O4S2. The van der Waals surface area contributed by atoms with Crippen LogP contribution < -0.4 is 4.90 Å². The normalized spacial score (nSPS) is 22.1. The summed E-state index contributed by atoms with van der Waals surface area (Å²) in [6.07, 6.45) is 4.19. The number of nitrogens with zero attached hydrogens (tertiary/aromatic N) is 5. The zero-order chi connectivity index (χ0) is 25.0. The van der Waals surface area contributed by atoms with E-state index in [1.165, 1.54) is 17.8 Å². The van der Waals surface area contributed by atoms with Crippen LogP contribution in [0.2, 0.25) is 0 Å². The SMILES string of the molecule is Cc1cc(-c2nsc3c(C(C)(C)S(C)(=O)=O)cc(N4CCOC[C@H]4C)nc23)n(C2CCCCO2)n1. The van der Waals surface area contributed by atoms with Crippen LogP contribution in [0.5, 0.6) is 0 Å². The molecule has 2 atom stereocenters. The first-order valence-corrected chi connectivity index (χ1v) is 14.8. The summed E-state index contributed by atoms with van der Waals surface area (Å²) in [5, 5.41) is 4.74. The lowest BCUT2D eigenvalue weighted by atomic mass is 10.0. The van der Waals surface area contributed by atoms with Crippen LogP contribution >= 0.6 is 11.5 Å². The van der Waals surface area contributed by atoms with Gasteiger partial charge in [-0.2, -0.15) is 9.47 Å². The van der Waals surface area contributed by atoms with Crippen LogP contribution in [0.1, 0.15) is 57.5 Å². The first-order chi connectivity index (χ1) is 16.6. The highest BCUT2D eigenvalue weighted by molar-refractivity contribution is 7.91. The van der Waals surface area contributed by atoms with Crippen molar-refractivity contribution in [2.24, 2.45) is 0 Å². The van der Waals surface area contributed by atoms with Gasteiger partial charge in [0.1, 0.15) is 17.0 Å². The molecule has 3 aromatic heterocycles. The number of pyridine rings is 1. The smallest absolute Gasteiger partial charge is 0.156 e. The third kappa shape index (κ3) is 4.36. The molecule has 2 fully saturated rings. The lowest BCUT2D eigenvalue weighted by Crippen LogP contribution is -2.44. The van der Waals surface area contributed by atoms with Crippen molar-refractivity contribution in [3.63, 3.8) is 0 Å². The van der Waals surface area contributed by atoms with Gasteiger partial charge in [-0.3, -0.25) is 0 Å². The molecule has 35 heavy (non-hydrogen) atoms. The minimum atomic E-state index is -3.41. The fraction of sp³-hybridized carbons (Fsp3) is 0.625. The van der Waals surface area contributed by atoms with Gasteiger partial charge in [0.2, 0.25) is 0 Å². The predicted octanol–water partition coefficient (Wildman–Crippen LogP) is 4.07. The molecule has 0 aliphatic carbocycles. The van der Waals surface area contributed by atoms with Crippen molar-refractivity contribution >= 4 is 37.4 Å². The van der Waals surface area contributed by atoms with Crippen molar-refractivity contribution in [2.45, 2.75) is 64.0 Å². The zero-order valence-electron chi connectivity index (χ0n) is 20.9. The van der Waals surface area contributed by atoms with E-state index in [2.05, 4.69) is 11.8 Å². The number of hydrogen-bond acceptors (Lipinski definition) is 9. The van der Waals surface area contributed by atoms with E-state index in [9.17, 15) is 8.42 Å². The quantitative estimate of drug-likeness (QED) is 0.497. The fourth-order valence-corrected chi connectivity index (χ4v) is 6.40. The van der Waals surface area contributed by atoms with Gasteiger partial charge >= 0.3 is 0 Å². The number of sulfone groups is 1. The van der Waals surface area contributed by atoms with Crippen LogP contribution in [-0.2, 0) is 24.1 Å². The van der Waals surface area contributed by atoms with E-state index in [0.717, 1.165) is 46.7 Å². The van der Waals surface area contributed by atoms with Crippen LogP contribution in [0.3, 0.4) is 0 Å². The van der Waals surface area contributed by atoms with Gasteiger partial charge in [0, 0.05) is 19.4 Å². The van der Waals surface area contributed by atoms with Crippen molar-refractivity contribution in [3.05, 3.63) is 23.4 Å². The van der Waals surface area contributed by atoms with Gasteiger partial charge in [-0.25, -0.2) is 18.1 Å². The van der Waals surface area contributed by atoms with Gasteiger partial charge in [0.05, 0.1) is 40.1 Å². The molecule has 9 nitrogen and oxygen atoms in total. The summed E-state index contributed by atoms with van der Waals surface area (Å²) >= 11 is 1.30. The second-order valence-corrected chi connectivity index (χ2v) is 13.4. The van der Waals surface area contributed by atoms with Gasteiger partial charge in [-0.1, -0.05) is 0 Å². The van der Waals surface area contributed by atoms with Crippen LogP contribution in [0.25, 0.3) is 21.6 Å². The molecule has 3 aromatic rings. The lowest BCUT2D eigenvalue weighted by Gasteiger charge is -2.35. The van der Waals surface area contributed by atoms with Crippen LogP contribution in [-0.4, -0.2) is 66.2 Å². The Balaban J connectivity index is 1.73. The standard InChI is InChI=1S/C24H33N5O4S2/c1-15-12-18(29(26-15)20-8-6-7-10-33-20)21-22-23(34-27-21)17(24(3,4)35(5,30)31)13-19(25-22)28-9-11-32-14-16(28)2/h12-13,16,20H,6-11,14H2,1-5H3/t16-,20?/m1/s1. The van der Waals surface area contributed by atoms with Crippen molar-refractivity contribution in [2.75, 3.05) is 37.5 Å². The summed E-state index contributed by atoms with van der Waals surface area (Å²) in [6.45, 7) is 10.2. The van der Waals surface area contributed by atoms with E-state index >= 15 is 0 Å². The molecule has 0 N–H and O–H groups in total. The molecule has 0 saturated carbocycles. The maximum atomic E-state index is 12.9. The van der Waals surface area contributed by atoms with Crippen molar-refractivity contribution < 1.29 is 17.9 Å². The minimum Gasteiger partial charge on any atom is -0.377 e. The number of aryl methyl sites for hydroxylation is 1. The second kappa shape index (κ2) is 9.10. The average molecular weight is 520 g/mol. The molecule has 1 unspecified atom stereocenters. The summed E-state index contributed by atoms with van der Waals surface area (Å²) < 4.78 is 43.9. The van der Waals surface area contributed by atoms with E-state index in [1.807, 2.05) is 23.7 Å². The zero-order valence-corrected chi connectivity index (χ0v) is 22.6. The number of anilines is 1. The molecule has 0 aromatic carbocycles. The summed E-state index contributed by atoms with van der Waals surface area (Å²) in [5.41, 5.74) is 3.87. The van der Waals surface area contributed by atoms with E-state index in [-0.39, 0.29) is 12.3 Å². The second-order valence-electron chi connectivity index (χ2n) is 10.1. The summed E-state index contributed by atoms with van der Waals surface area (Å²) in [7, 11) is -3.41. The van der Waals surface area contributed by atoms with Gasteiger partial charge in [-0.05, 0) is 76.2 Å². The van der Waals surface area contributed by atoms with E-state index in [0.29, 0.717) is 37.6 Å². The third-order valence-corrected chi connectivity index (χ3v) is 10.1. The fourth-order valence-electron chi connectivity index (χ4n) is 4.77. The van der Waals surface area contributed by atoms with Gasteiger partial charge in [-0.15, -0.1) is 0 Å². The van der Waals surface area contributed by atoms with Crippen molar-refractivity contribution in [1.82, 2.24) is 19.1 Å². The van der Waals surface area contributed by atoms with Crippen LogP contribution in [0, 0.1) is 6.92 Å². The number of aromatic nitrogens is 4. The molecule has 190 valence electrons. The molecule has 0 bridgehead atoms. The summed E-state index contributed by atoms with van der Waals surface area (Å²) in [6, 6.07) is 4.07. The van der Waals surface area contributed by atoms with Crippen LogP contribution in [0.4, 0.5) is 5.82 Å². The van der Waals surface area contributed by atoms with Gasteiger partial charge < -0.3 is 14.4 Å². The molecule has 0 amide bonds. The first kappa shape index (κ1) is 24.6. The van der Waals surface area contributed by atoms with E-state index in [1.54, 1.807) is 13.8 Å². The van der Waals surface area contributed by atoms with E-state index in [4.69, 9.17) is 23.9 Å². The Labute approximate surface area is 210 Å². The Morgan fingerprint density at radius 3 is 2.69 bits per heavy atom. The molecule has 5 heterocycles. The molecule has 2 aliphatic rings. The molecule has 0 radical (unpaired) electrons. The number of rotatable bonds is 5. The number of fused-ring (bicyclic) bond motifs is 1. The molecule has 2 saturated heterocycles. The van der Waals surface area contributed by atoms with Gasteiger partial charge in [0.25, 0.3) is 0 Å². The molecular weight excluding hydrogens is 486 g/mol. The van der Waals surface area contributed by atoms with Gasteiger partial charge in [0.15, 0.2) is 16.1 Å². The largest absolute Gasteiger partial charge is 0.377 e. The Kier molecular flexibility index (Phi) is 6.40. The maximum Gasteiger partial charge on any atom is 0.156 e. The highest BCUT2D eigenvalue weighted by Gasteiger charge is 2.37. The molecule has 2 aliphatic heterocycles. The topological polar surface area (TPSA) is 99.4 Å². The summed E-state index contributed by atoms with van der Waals surface area (Å²) in [4.78, 5) is 7.27. The Morgan fingerprint density at radius 1 is 1.20 bits per heavy atom. The van der Waals surface area contributed by atoms with E-state index < -0.39 is 14.6 Å². The molecule has 0 spiro atoms. The highest BCUT2D eigenvalue weighted by Crippen LogP contribution is 2.42. The Morgan fingerprint density at radius 2 is 2.00 bits per heavy atom. The third-order valence-electron chi connectivity index (χ3n) is 7.18. The number of morpholine rings is 1. The average Bonchev–Trinajstić information content (AvgIpc) is 3.41. The summed E-state index contributed by atoms with van der Waals surface area (Å²) in [5.74, 6) is 0.748. The Bertz CT molecular complexity index is 1340. The highest BCUT2D eigenvalue weighted by atomic mass is 32.2. The maximum absolute atomic E-state index is 12.9. The van der Waals surface area contributed by atoms with Crippen molar-refractivity contribution in [3.8, 4) is 11.4 Å². The number of hydrogen-bond donors (Lipinski definition) is 0. The number of ether oxygens (including phenoxy) is 2. The predicted molar refractivity (Wildman–Crippen MR) is 138 cm³/mol. The van der Waals surface area contributed by atoms with Crippen molar-refractivity contribution in [1.29, 1.82) is 0 Å². The minimum absolute atomic E-state index is 0.126. The molecule has 11 heteroatoms. The Hall–Kier alpha value is -2.08. The monoisotopic (exact) mass is 519 g/mol. The lowest BCUT2D eigenvalue weighted by molar-refractivity contribution is -0.0385. The molecule has 5 rings (SSSR count). The first-order valence-electron chi connectivity index (χ1n) is 12.1. The van der Waals surface area contributed by atoms with Crippen LogP contribution in [0.15, 0.2) is 12.1 Å².